The van der Waals surface area contributed by atoms with Gasteiger partial charge >= 0.3 is 6.18 Å². The molecular weight excluding hydrogens is 614 g/mol. The summed E-state index contributed by atoms with van der Waals surface area (Å²) in [6.07, 6.45) is 3.57. The molecule has 1 aliphatic carbocycles. The minimum Gasteiger partial charge on any atom is -0.374 e. The fraction of sp³-hybridized carbons (Fsp3) is 0.529. The molecule has 0 spiro atoms. The van der Waals surface area contributed by atoms with Crippen LogP contribution in [0.25, 0.3) is 12.3 Å². The van der Waals surface area contributed by atoms with Crippen molar-refractivity contribution in [3.8, 4) is 0 Å². The normalized spacial score (nSPS) is 20.5. The van der Waals surface area contributed by atoms with Gasteiger partial charge in [0, 0.05) is 54.7 Å². The molecule has 0 saturated heterocycles. The molecule has 1 amide bonds. The van der Waals surface area contributed by atoms with Gasteiger partial charge in [0.05, 0.1) is 11.1 Å². The minimum atomic E-state index is -4.68. The molecule has 3 unspecified atom stereocenters. The summed E-state index contributed by atoms with van der Waals surface area (Å²) in [6.45, 7) is 6.29. The maximum atomic E-state index is 14.4. The highest BCUT2D eigenvalue weighted by Crippen LogP contribution is 2.35. The van der Waals surface area contributed by atoms with Gasteiger partial charge in [-0.3, -0.25) is 9.59 Å². The number of thioether (sulfide) groups is 1. The lowest BCUT2D eigenvalue weighted by Gasteiger charge is -2.35. The van der Waals surface area contributed by atoms with Gasteiger partial charge in [-0.1, -0.05) is 37.2 Å². The zero-order valence-corrected chi connectivity index (χ0v) is 26.6. The number of nitrogens with one attached hydrogen (secondary N) is 1. The number of fused-ring (bicyclic) bond motifs is 1. The second-order valence-electron chi connectivity index (χ2n) is 12.2. The van der Waals surface area contributed by atoms with Crippen LogP contribution in [0.15, 0.2) is 30.3 Å². The third-order valence-corrected chi connectivity index (χ3v) is 10.00. The highest BCUT2D eigenvalue weighted by atomic mass is 32.2. The maximum Gasteiger partial charge on any atom is 0.416 e. The summed E-state index contributed by atoms with van der Waals surface area (Å²) in [4.78, 5) is 28.1. The van der Waals surface area contributed by atoms with E-state index in [-0.39, 0.29) is 54.5 Å². The quantitative estimate of drug-likeness (QED) is 0.157. The number of ketones is 1. The molecule has 1 heterocycles. The summed E-state index contributed by atoms with van der Waals surface area (Å²) in [5.74, 6) is -1.56. The first-order valence-corrected chi connectivity index (χ1v) is 16.4. The number of carbonyl (C=O) groups excluding carboxylic acids is 2. The Hall–Kier alpha value is -2.95. The average Bonchev–Trinajstić information content (AvgIpc) is 3.14. The van der Waals surface area contributed by atoms with Gasteiger partial charge in [0.1, 0.15) is 5.82 Å². The number of alkyl halides is 5. The van der Waals surface area contributed by atoms with E-state index in [0.717, 1.165) is 66.8 Å². The first-order chi connectivity index (χ1) is 21.2. The van der Waals surface area contributed by atoms with Gasteiger partial charge in [-0.15, -0.1) is 0 Å². The van der Waals surface area contributed by atoms with Gasteiger partial charge < -0.3 is 10.2 Å². The number of amides is 1. The molecule has 45 heavy (non-hydrogen) atoms. The van der Waals surface area contributed by atoms with Gasteiger partial charge in [-0.05, 0) is 86.4 Å². The van der Waals surface area contributed by atoms with Crippen molar-refractivity contribution in [2.24, 2.45) is 11.8 Å². The van der Waals surface area contributed by atoms with Crippen LogP contribution in [-0.2, 0) is 6.18 Å². The molecule has 2 aliphatic rings. The molecular formula is C34H40F6N2O2S. The third-order valence-electron chi connectivity index (χ3n) is 8.88. The Morgan fingerprint density at radius 3 is 2.44 bits per heavy atom. The number of rotatable bonds is 11. The molecule has 0 bridgehead atoms. The van der Waals surface area contributed by atoms with E-state index in [9.17, 15) is 35.9 Å². The molecule has 1 fully saturated rings. The van der Waals surface area contributed by atoms with E-state index in [2.05, 4.69) is 29.4 Å². The topological polar surface area (TPSA) is 49.4 Å². The van der Waals surface area contributed by atoms with Crippen LogP contribution in [0.2, 0.25) is 0 Å². The second-order valence-corrected chi connectivity index (χ2v) is 13.5. The first kappa shape index (κ1) is 34.9. The van der Waals surface area contributed by atoms with Crippen molar-refractivity contribution in [2.75, 3.05) is 18.8 Å². The smallest absolute Gasteiger partial charge is 0.374 e. The van der Waals surface area contributed by atoms with Crippen molar-refractivity contribution >= 4 is 35.7 Å². The zero-order valence-electron chi connectivity index (χ0n) is 25.8. The third kappa shape index (κ3) is 9.08. The molecule has 246 valence electrons. The molecule has 2 aromatic rings. The second kappa shape index (κ2) is 14.6. The van der Waals surface area contributed by atoms with Crippen LogP contribution < -0.4 is 15.8 Å². The van der Waals surface area contributed by atoms with Crippen molar-refractivity contribution in [3.05, 3.63) is 68.8 Å². The lowest BCUT2D eigenvalue weighted by Crippen LogP contribution is -2.37. The first-order valence-electron chi connectivity index (χ1n) is 15.5. The Balaban J connectivity index is 1.43. The fourth-order valence-corrected chi connectivity index (χ4v) is 6.91. The van der Waals surface area contributed by atoms with Crippen LogP contribution in [0.5, 0.6) is 0 Å². The van der Waals surface area contributed by atoms with Crippen molar-refractivity contribution in [1.29, 1.82) is 0 Å². The van der Waals surface area contributed by atoms with Crippen molar-refractivity contribution in [3.63, 3.8) is 0 Å². The SMILES string of the molecule is CCC(F)(F)SCCNC(=O)c1ccc2c(c1C)=CN(CC1CCCC(CC(=O)c3ccc(C(F)(F)F)cc3F)C1)C(C)CC=2. The molecule has 0 aromatic heterocycles. The lowest BCUT2D eigenvalue weighted by molar-refractivity contribution is -0.137. The standard InChI is InChI=1S/C34H40F6N2O2S/c1-4-33(36,37)45-15-14-41-32(44)27-12-10-25-9-8-21(2)42(20-29(25)22(27)3)19-24-7-5-6-23(16-24)17-31(43)28-13-11-26(18-30(28)35)34(38,39)40/h9-13,18,20-21,23-24H,4-8,14-17,19H2,1-3H3,(H,41,44). The summed E-state index contributed by atoms with van der Waals surface area (Å²) >= 11 is 0.528. The Bertz CT molecular complexity index is 1510. The average molecular weight is 655 g/mol. The molecule has 4 rings (SSSR count). The summed E-state index contributed by atoms with van der Waals surface area (Å²) < 4.78 is 80.2. The summed E-state index contributed by atoms with van der Waals surface area (Å²) in [7, 11) is 0. The number of benzene rings is 2. The van der Waals surface area contributed by atoms with Crippen LogP contribution in [0.3, 0.4) is 0 Å². The molecule has 1 saturated carbocycles. The summed E-state index contributed by atoms with van der Waals surface area (Å²) in [5.41, 5.74) is -0.128. The van der Waals surface area contributed by atoms with Gasteiger partial charge in [0.15, 0.2) is 5.78 Å². The summed E-state index contributed by atoms with van der Waals surface area (Å²) in [6, 6.07) is 5.92. The Kier molecular flexibility index (Phi) is 11.4. The molecule has 1 aliphatic heterocycles. The van der Waals surface area contributed by atoms with E-state index in [1.807, 2.05) is 13.0 Å². The predicted molar refractivity (Wildman–Crippen MR) is 166 cm³/mol. The number of carbonyl (C=O) groups is 2. The number of hydrogen-bond acceptors (Lipinski definition) is 4. The van der Waals surface area contributed by atoms with Crippen LogP contribution in [0.4, 0.5) is 26.3 Å². The largest absolute Gasteiger partial charge is 0.416 e. The summed E-state index contributed by atoms with van der Waals surface area (Å²) in [5, 5.41) is 1.89. The molecule has 1 N–H and O–H groups in total. The van der Waals surface area contributed by atoms with E-state index < -0.39 is 28.6 Å². The fourth-order valence-electron chi connectivity index (χ4n) is 6.21. The number of halogens is 6. The van der Waals surface area contributed by atoms with Gasteiger partial charge in [0.25, 0.3) is 11.2 Å². The van der Waals surface area contributed by atoms with E-state index in [4.69, 9.17) is 0 Å². The number of hydrogen-bond donors (Lipinski definition) is 1. The Labute approximate surface area is 264 Å². The molecule has 3 atom stereocenters. The van der Waals surface area contributed by atoms with Crippen molar-refractivity contribution < 1.29 is 35.9 Å². The lowest BCUT2D eigenvalue weighted by atomic mass is 9.78. The van der Waals surface area contributed by atoms with Crippen molar-refractivity contribution in [1.82, 2.24) is 10.2 Å². The predicted octanol–water partition coefficient (Wildman–Crippen LogP) is 7.31. The molecule has 4 nitrogen and oxygen atoms in total. The van der Waals surface area contributed by atoms with E-state index in [1.54, 1.807) is 6.07 Å². The maximum absolute atomic E-state index is 14.4. The number of nitrogens with zero attached hydrogens (tertiary/aromatic N) is 1. The van der Waals surface area contributed by atoms with E-state index >= 15 is 0 Å². The van der Waals surface area contributed by atoms with Crippen molar-refractivity contribution in [2.45, 2.75) is 83.2 Å². The Morgan fingerprint density at radius 1 is 1.04 bits per heavy atom. The zero-order chi connectivity index (χ0) is 32.9. The van der Waals surface area contributed by atoms with Gasteiger partial charge in [-0.2, -0.15) is 22.0 Å². The van der Waals surface area contributed by atoms with Gasteiger partial charge in [-0.25, -0.2) is 4.39 Å². The molecule has 2 aromatic carbocycles. The highest BCUT2D eigenvalue weighted by Gasteiger charge is 2.33. The van der Waals surface area contributed by atoms with Crippen LogP contribution in [-0.4, -0.2) is 46.7 Å². The monoisotopic (exact) mass is 654 g/mol. The minimum absolute atomic E-state index is 0.00606. The number of Topliss-reactive ketones (excluding diaryl/α,β-unsaturated/α-hetero) is 1. The van der Waals surface area contributed by atoms with Gasteiger partial charge in [0.2, 0.25) is 0 Å². The van der Waals surface area contributed by atoms with Crippen LogP contribution >= 0.6 is 11.8 Å². The molecule has 0 radical (unpaired) electrons. The van der Waals surface area contributed by atoms with Crippen LogP contribution in [0.1, 0.15) is 90.6 Å². The highest BCUT2D eigenvalue weighted by molar-refractivity contribution is 8.00. The molecule has 11 heteroatoms. The Morgan fingerprint density at radius 2 is 1.76 bits per heavy atom. The van der Waals surface area contributed by atoms with E-state index in [1.165, 1.54) is 6.92 Å². The van der Waals surface area contributed by atoms with Crippen LogP contribution in [0, 0.1) is 24.6 Å². The van der Waals surface area contributed by atoms with E-state index in [0.29, 0.717) is 23.4 Å².